The molecule has 1 aliphatic rings. The van der Waals surface area contributed by atoms with Gasteiger partial charge >= 0.3 is 16.1 Å². The fraction of sp³-hybridized carbons (Fsp3) is 0.120. The van der Waals surface area contributed by atoms with Crippen LogP contribution in [0.2, 0.25) is 0 Å². The van der Waals surface area contributed by atoms with Crippen molar-refractivity contribution in [3.8, 4) is 17.2 Å². The lowest BCUT2D eigenvalue weighted by Gasteiger charge is -2.12. The van der Waals surface area contributed by atoms with Crippen LogP contribution in [0.1, 0.15) is 18.1 Å². The van der Waals surface area contributed by atoms with E-state index in [-0.39, 0.29) is 34.6 Å². The van der Waals surface area contributed by atoms with Gasteiger partial charge in [0.1, 0.15) is 10.6 Å². The number of cyclic esters (lactones) is 1. The third-order valence-corrected chi connectivity index (χ3v) is 5.99. The lowest BCUT2D eigenvalue weighted by molar-refractivity contribution is -0.129. The molecule has 3 aromatic rings. The maximum Gasteiger partial charge on any atom is 0.363 e. The molecule has 34 heavy (non-hydrogen) atoms. The molecule has 0 atom stereocenters. The Balaban J connectivity index is 1.63. The summed E-state index contributed by atoms with van der Waals surface area (Å²) in [5.74, 6) is 0.398. The van der Waals surface area contributed by atoms with E-state index in [2.05, 4.69) is 4.99 Å². The molecule has 0 bridgehead atoms. The lowest BCUT2D eigenvalue weighted by Crippen LogP contribution is -2.10. The number of methoxy groups -OCH3 is 1. The topological polar surface area (TPSA) is 100 Å². The predicted molar refractivity (Wildman–Crippen MR) is 125 cm³/mol. The van der Waals surface area contributed by atoms with Crippen LogP contribution in [0.4, 0.5) is 0 Å². The van der Waals surface area contributed by atoms with E-state index < -0.39 is 16.1 Å². The Morgan fingerprint density at radius 3 is 2.50 bits per heavy atom. The van der Waals surface area contributed by atoms with Gasteiger partial charge in [-0.05, 0) is 61.0 Å². The van der Waals surface area contributed by atoms with Crippen molar-refractivity contribution in [2.75, 3.05) is 13.7 Å². The third-order valence-electron chi connectivity index (χ3n) is 4.74. The maximum atomic E-state index is 12.6. The second-order valence-electron chi connectivity index (χ2n) is 7.06. The molecule has 0 radical (unpaired) electrons. The van der Waals surface area contributed by atoms with Crippen molar-refractivity contribution in [2.45, 2.75) is 11.8 Å². The van der Waals surface area contributed by atoms with Crippen LogP contribution < -0.4 is 13.7 Å². The second kappa shape index (κ2) is 9.80. The number of benzene rings is 3. The molecule has 174 valence electrons. The Labute approximate surface area is 197 Å². The van der Waals surface area contributed by atoms with Crippen molar-refractivity contribution in [1.29, 1.82) is 0 Å². The number of carbonyl (C=O) groups is 1. The first-order chi connectivity index (χ1) is 16.4. The summed E-state index contributed by atoms with van der Waals surface area (Å²) in [6, 6.07) is 19.4. The van der Waals surface area contributed by atoms with Gasteiger partial charge in [0.05, 0.1) is 13.7 Å². The van der Waals surface area contributed by atoms with Crippen LogP contribution in [-0.4, -0.2) is 34.0 Å². The molecule has 0 aromatic heterocycles. The van der Waals surface area contributed by atoms with Crippen LogP contribution in [-0.2, 0) is 19.6 Å². The number of hydrogen-bond donors (Lipinski definition) is 0. The van der Waals surface area contributed by atoms with Gasteiger partial charge in [-0.1, -0.05) is 30.3 Å². The van der Waals surface area contributed by atoms with E-state index >= 15 is 0 Å². The molecule has 8 nitrogen and oxygen atoms in total. The summed E-state index contributed by atoms with van der Waals surface area (Å²) in [5.41, 5.74) is 1.24. The zero-order valence-electron chi connectivity index (χ0n) is 18.4. The molecule has 1 heterocycles. The highest BCUT2D eigenvalue weighted by Gasteiger charge is 2.25. The molecular formula is C25H21NO7S. The Kier molecular flexibility index (Phi) is 6.65. The molecule has 0 saturated carbocycles. The number of aliphatic imine (C=N–C) groups is 1. The Morgan fingerprint density at radius 1 is 0.971 bits per heavy atom. The second-order valence-corrected chi connectivity index (χ2v) is 8.60. The van der Waals surface area contributed by atoms with Crippen molar-refractivity contribution < 1.29 is 31.6 Å². The molecule has 0 spiro atoms. The van der Waals surface area contributed by atoms with Crippen molar-refractivity contribution in [1.82, 2.24) is 0 Å². The van der Waals surface area contributed by atoms with Gasteiger partial charge in [0.15, 0.2) is 17.2 Å². The fourth-order valence-electron chi connectivity index (χ4n) is 3.15. The van der Waals surface area contributed by atoms with E-state index in [4.69, 9.17) is 18.4 Å². The van der Waals surface area contributed by atoms with Crippen LogP contribution >= 0.6 is 0 Å². The van der Waals surface area contributed by atoms with Crippen molar-refractivity contribution in [2.24, 2.45) is 4.99 Å². The summed E-state index contributed by atoms with van der Waals surface area (Å²) in [7, 11) is -2.50. The van der Waals surface area contributed by atoms with Gasteiger partial charge in [-0.15, -0.1) is 0 Å². The van der Waals surface area contributed by atoms with Crippen molar-refractivity contribution >= 4 is 28.1 Å². The van der Waals surface area contributed by atoms with Gasteiger partial charge in [-0.2, -0.15) is 8.42 Å². The van der Waals surface area contributed by atoms with E-state index in [0.717, 1.165) is 0 Å². The molecule has 1 aliphatic heterocycles. The van der Waals surface area contributed by atoms with Crippen molar-refractivity contribution in [3.05, 3.63) is 89.6 Å². The highest BCUT2D eigenvalue weighted by atomic mass is 32.2. The number of hydrogen-bond acceptors (Lipinski definition) is 8. The van der Waals surface area contributed by atoms with E-state index in [1.807, 2.05) is 0 Å². The van der Waals surface area contributed by atoms with Gasteiger partial charge in [-0.3, -0.25) is 0 Å². The summed E-state index contributed by atoms with van der Waals surface area (Å²) in [4.78, 5) is 16.7. The standard InChI is InChI=1S/C25H21NO7S/c1-3-31-23-15-17(12-13-22(23)33-34(28,29)20-10-5-4-6-11-20)14-21-25(27)32-24(26-21)18-8-7-9-19(16-18)30-2/h4-16H,3H2,1-2H3/b21-14-. The average Bonchev–Trinajstić information content (AvgIpc) is 3.21. The molecule has 0 amide bonds. The molecule has 0 saturated heterocycles. The third kappa shape index (κ3) is 5.10. The number of carbonyl (C=O) groups excluding carboxylic acids is 1. The Morgan fingerprint density at radius 2 is 1.76 bits per heavy atom. The minimum absolute atomic E-state index is 0.0248. The van der Waals surface area contributed by atoms with Gasteiger partial charge in [0.25, 0.3) is 0 Å². The van der Waals surface area contributed by atoms with Crippen LogP contribution in [0, 0.1) is 0 Å². The van der Waals surface area contributed by atoms with E-state index in [1.54, 1.807) is 68.6 Å². The monoisotopic (exact) mass is 479 g/mol. The molecule has 3 aromatic carbocycles. The fourth-order valence-corrected chi connectivity index (χ4v) is 4.11. The average molecular weight is 480 g/mol. The molecular weight excluding hydrogens is 458 g/mol. The first-order valence-electron chi connectivity index (χ1n) is 10.3. The molecule has 0 unspecified atom stereocenters. The molecule has 0 aliphatic carbocycles. The van der Waals surface area contributed by atoms with Gasteiger partial charge in [0.2, 0.25) is 5.90 Å². The smallest absolute Gasteiger partial charge is 0.363 e. The molecule has 0 fully saturated rings. The normalized spacial score (nSPS) is 14.5. The summed E-state index contributed by atoms with van der Waals surface area (Å²) >= 11 is 0. The number of nitrogens with zero attached hydrogens (tertiary/aromatic N) is 1. The van der Waals surface area contributed by atoms with Gasteiger partial charge < -0.3 is 18.4 Å². The van der Waals surface area contributed by atoms with Gasteiger partial charge in [0, 0.05) is 5.56 Å². The summed E-state index contributed by atoms with van der Waals surface area (Å²) in [6.45, 7) is 2.04. The zero-order valence-corrected chi connectivity index (χ0v) is 19.2. The summed E-state index contributed by atoms with van der Waals surface area (Å²) in [6.07, 6.45) is 1.52. The SMILES string of the molecule is CCOc1cc(/C=C2\N=C(c3cccc(OC)c3)OC2=O)ccc1OS(=O)(=O)c1ccccc1. The lowest BCUT2D eigenvalue weighted by atomic mass is 10.1. The first kappa shape index (κ1) is 23.1. The van der Waals surface area contributed by atoms with Crippen LogP contribution in [0.3, 0.4) is 0 Å². The largest absolute Gasteiger partial charge is 0.497 e. The molecule has 0 N–H and O–H groups in total. The highest BCUT2D eigenvalue weighted by Crippen LogP contribution is 2.32. The summed E-state index contributed by atoms with van der Waals surface area (Å²) in [5, 5.41) is 0. The quantitative estimate of drug-likeness (QED) is 0.271. The number of rotatable bonds is 8. The Bertz CT molecular complexity index is 1380. The van der Waals surface area contributed by atoms with E-state index in [0.29, 0.717) is 16.9 Å². The molecule has 9 heteroatoms. The minimum Gasteiger partial charge on any atom is -0.497 e. The van der Waals surface area contributed by atoms with Crippen LogP contribution in [0.15, 0.2) is 88.4 Å². The maximum absolute atomic E-state index is 12.6. The Hall–Kier alpha value is -4.11. The first-order valence-corrected chi connectivity index (χ1v) is 11.7. The predicted octanol–water partition coefficient (Wildman–Crippen LogP) is 4.21. The highest BCUT2D eigenvalue weighted by molar-refractivity contribution is 7.87. The minimum atomic E-state index is -4.04. The van der Waals surface area contributed by atoms with E-state index in [9.17, 15) is 13.2 Å². The van der Waals surface area contributed by atoms with Crippen molar-refractivity contribution in [3.63, 3.8) is 0 Å². The number of ether oxygens (including phenoxy) is 3. The summed E-state index contributed by atoms with van der Waals surface area (Å²) < 4.78 is 46.6. The van der Waals surface area contributed by atoms with Gasteiger partial charge in [-0.25, -0.2) is 9.79 Å². The molecule has 4 rings (SSSR count). The van der Waals surface area contributed by atoms with E-state index in [1.165, 1.54) is 24.3 Å². The zero-order chi connectivity index (χ0) is 24.1. The van der Waals surface area contributed by atoms with Crippen LogP contribution in [0.5, 0.6) is 17.2 Å². The van der Waals surface area contributed by atoms with Crippen LogP contribution in [0.25, 0.3) is 6.08 Å². The number of esters is 1.